The Kier molecular flexibility index (Phi) is 13.4. The Bertz CT molecular complexity index is 1480. The summed E-state index contributed by atoms with van der Waals surface area (Å²) in [5, 5.41) is 0. The van der Waals surface area contributed by atoms with Crippen molar-refractivity contribution in [2.24, 2.45) is 5.92 Å². The van der Waals surface area contributed by atoms with Crippen LogP contribution in [-0.4, -0.2) is 90.1 Å². The van der Waals surface area contributed by atoms with Crippen molar-refractivity contribution in [1.82, 2.24) is 14.7 Å². The van der Waals surface area contributed by atoms with Gasteiger partial charge in [0.1, 0.15) is 30.8 Å². The Labute approximate surface area is 298 Å². The van der Waals surface area contributed by atoms with Crippen molar-refractivity contribution >= 4 is 23.9 Å². The summed E-state index contributed by atoms with van der Waals surface area (Å²) in [6, 6.07) is 14.5. The van der Waals surface area contributed by atoms with Gasteiger partial charge in [-0.15, -0.1) is 13.2 Å². The molecule has 2 aliphatic carbocycles. The van der Waals surface area contributed by atoms with Crippen LogP contribution in [0, 0.1) is 5.92 Å². The monoisotopic (exact) mass is 685 g/mol. The molecule has 4 rings (SSSR count). The normalized spacial score (nSPS) is 15.5. The van der Waals surface area contributed by atoms with Crippen LogP contribution in [0.3, 0.4) is 0 Å². The molecule has 1 saturated carbocycles. The Morgan fingerprint density at radius 2 is 1.46 bits per heavy atom. The van der Waals surface area contributed by atoms with Crippen LogP contribution >= 0.6 is 0 Å². The second-order valence-corrected chi connectivity index (χ2v) is 14.6. The average molecular weight is 686 g/mol. The number of hydrogen-bond acceptors (Lipinski definition) is 6. The van der Waals surface area contributed by atoms with Gasteiger partial charge in [0.05, 0.1) is 0 Å². The van der Waals surface area contributed by atoms with Crippen LogP contribution in [0.15, 0.2) is 73.8 Å². The van der Waals surface area contributed by atoms with E-state index in [-0.39, 0.29) is 49.8 Å². The summed E-state index contributed by atoms with van der Waals surface area (Å²) in [6.07, 6.45) is 9.01. The maximum absolute atomic E-state index is 14.6. The van der Waals surface area contributed by atoms with E-state index < -0.39 is 29.7 Å². The molecule has 0 aliphatic heterocycles. The van der Waals surface area contributed by atoms with Gasteiger partial charge in [0.25, 0.3) is 0 Å². The van der Waals surface area contributed by atoms with Crippen molar-refractivity contribution < 1.29 is 28.7 Å². The average Bonchev–Trinajstić information content (AvgIpc) is 3.41. The van der Waals surface area contributed by atoms with Gasteiger partial charge in [-0.2, -0.15) is 0 Å². The third kappa shape index (κ3) is 9.64. The molecule has 0 heterocycles. The molecule has 0 bridgehead atoms. The molecule has 2 aromatic rings. The van der Waals surface area contributed by atoms with Gasteiger partial charge in [0.2, 0.25) is 11.8 Å². The van der Waals surface area contributed by atoms with Crippen LogP contribution in [0.1, 0.15) is 89.2 Å². The molecule has 0 N–H and O–H groups in total. The van der Waals surface area contributed by atoms with Gasteiger partial charge in [0.15, 0.2) is 0 Å². The molecule has 2 aromatic carbocycles. The van der Waals surface area contributed by atoms with Crippen LogP contribution in [0.5, 0.6) is 0 Å². The van der Waals surface area contributed by atoms with E-state index in [1.54, 1.807) is 51.9 Å². The number of ether oxygens (including phenoxy) is 2. The lowest BCUT2D eigenvalue weighted by Gasteiger charge is -2.39. The van der Waals surface area contributed by atoms with E-state index in [1.807, 2.05) is 24.3 Å². The Balaban J connectivity index is 1.57. The molecule has 0 radical (unpaired) electrons. The molecule has 2 atom stereocenters. The molecular weight excluding hydrogens is 630 g/mol. The van der Waals surface area contributed by atoms with E-state index in [0.29, 0.717) is 12.8 Å². The van der Waals surface area contributed by atoms with Gasteiger partial charge in [-0.3, -0.25) is 19.3 Å². The number of benzene rings is 2. The van der Waals surface area contributed by atoms with E-state index in [1.165, 1.54) is 9.80 Å². The lowest BCUT2D eigenvalue weighted by molar-refractivity contribution is -0.160. The maximum atomic E-state index is 14.6. The molecule has 0 spiro atoms. The van der Waals surface area contributed by atoms with Gasteiger partial charge in [-0.05, 0) is 68.2 Å². The molecule has 0 saturated heterocycles. The van der Waals surface area contributed by atoms with Crippen molar-refractivity contribution in [1.29, 1.82) is 0 Å². The number of hydrogen-bond donors (Lipinski definition) is 0. The second-order valence-electron chi connectivity index (χ2n) is 14.6. The zero-order valence-electron chi connectivity index (χ0n) is 30.6. The first kappa shape index (κ1) is 38.4. The van der Waals surface area contributed by atoms with E-state index in [2.05, 4.69) is 37.4 Å². The van der Waals surface area contributed by atoms with Crippen molar-refractivity contribution in [2.75, 3.05) is 33.8 Å². The van der Waals surface area contributed by atoms with E-state index in [4.69, 9.17) is 9.47 Å². The zero-order valence-corrected chi connectivity index (χ0v) is 30.6. The number of likely N-dealkylation sites (N-methyl/N-ethyl adjacent to an activating group) is 2. The Morgan fingerprint density at radius 1 is 0.860 bits per heavy atom. The highest BCUT2D eigenvalue weighted by Crippen LogP contribution is 2.44. The molecule has 2 aliphatic rings. The summed E-state index contributed by atoms with van der Waals surface area (Å²) in [7, 11) is 3.13. The summed E-state index contributed by atoms with van der Waals surface area (Å²) in [5.41, 5.74) is 3.74. The first-order chi connectivity index (χ1) is 23.9. The standard InChI is InChI=1S/C41H55N3O6/c1-8-10-25-44(36(26-29-19-12-11-13-20-29)38(46)42(6)27-37(45)50-41(3,4)5)39(47)35(18-9-2)43(7)40(48)49-28-34-32-23-16-14-21-30(32)31-22-15-17-24-33(31)34/h8-9,14-17,21-24,29,34-36H,1-2,10-13,18-20,25-28H2,3-7H3/t35-,36-/m0/s1. The molecule has 0 unspecified atom stereocenters. The summed E-state index contributed by atoms with van der Waals surface area (Å²) in [6.45, 7) is 13.2. The lowest BCUT2D eigenvalue weighted by Crippen LogP contribution is -2.57. The van der Waals surface area contributed by atoms with Crippen LogP contribution in [0.25, 0.3) is 11.1 Å². The molecule has 1 fully saturated rings. The quantitative estimate of drug-likeness (QED) is 0.144. The molecule has 3 amide bonds. The minimum Gasteiger partial charge on any atom is -0.459 e. The second kappa shape index (κ2) is 17.5. The summed E-state index contributed by atoms with van der Waals surface area (Å²) in [5.74, 6) is -1.10. The number of carbonyl (C=O) groups excluding carboxylic acids is 4. The highest BCUT2D eigenvalue weighted by Gasteiger charge is 2.40. The number of rotatable bonds is 15. The van der Waals surface area contributed by atoms with Crippen molar-refractivity contribution in [2.45, 2.75) is 95.7 Å². The topological polar surface area (TPSA) is 96.5 Å². The maximum Gasteiger partial charge on any atom is 0.410 e. The number of esters is 1. The summed E-state index contributed by atoms with van der Waals surface area (Å²) >= 11 is 0. The fourth-order valence-corrected chi connectivity index (χ4v) is 7.25. The fraction of sp³-hybridized carbons (Fsp3) is 0.512. The highest BCUT2D eigenvalue weighted by atomic mass is 16.6. The van der Waals surface area contributed by atoms with Crippen LogP contribution in [0.4, 0.5) is 4.79 Å². The van der Waals surface area contributed by atoms with Crippen LogP contribution < -0.4 is 0 Å². The fourth-order valence-electron chi connectivity index (χ4n) is 7.25. The summed E-state index contributed by atoms with van der Waals surface area (Å²) < 4.78 is 11.4. The molecule has 270 valence electrons. The Hall–Kier alpha value is -4.40. The molecular formula is C41H55N3O6. The largest absolute Gasteiger partial charge is 0.459 e. The first-order valence-corrected chi connectivity index (χ1v) is 17.9. The van der Waals surface area contributed by atoms with Gasteiger partial charge in [-0.25, -0.2) is 4.79 Å². The van der Waals surface area contributed by atoms with Gasteiger partial charge in [-0.1, -0.05) is 92.8 Å². The smallest absolute Gasteiger partial charge is 0.410 e. The summed E-state index contributed by atoms with van der Waals surface area (Å²) in [4.78, 5) is 59.6. The number of carbonyl (C=O) groups is 4. The van der Waals surface area contributed by atoms with Gasteiger partial charge < -0.3 is 19.3 Å². The van der Waals surface area contributed by atoms with Crippen LogP contribution in [-0.2, 0) is 23.9 Å². The highest BCUT2D eigenvalue weighted by molar-refractivity contribution is 5.92. The minimum atomic E-state index is -0.953. The van der Waals surface area contributed by atoms with E-state index >= 15 is 0 Å². The number of fused-ring (bicyclic) bond motifs is 3. The predicted octanol–water partition coefficient (Wildman–Crippen LogP) is 7.36. The van der Waals surface area contributed by atoms with Crippen LogP contribution in [0.2, 0.25) is 0 Å². The first-order valence-electron chi connectivity index (χ1n) is 17.9. The minimum absolute atomic E-state index is 0.116. The molecule has 9 heteroatoms. The third-order valence-corrected chi connectivity index (χ3v) is 9.73. The lowest BCUT2D eigenvalue weighted by atomic mass is 9.84. The number of nitrogens with zero attached hydrogens (tertiary/aromatic N) is 3. The molecule has 9 nitrogen and oxygen atoms in total. The van der Waals surface area contributed by atoms with E-state index in [9.17, 15) is 19.2 Å². The third-order valence-electron chi connectivity index (χ3n) is 9.73. The predicted molar refractivity (Wildman–Crippen MR) is 196 cm³/mol. The van der Waals surface area contributed by atoms with Gasteiger partial charge in [0, 0.05) is 26.6 Å². The SMILES string of the molecule is C=CCCN(C(=O)[C@H](CC=C)N(C)C(=O)OCC1c2ccccc2-c2ccccc21)[C@@H](CC1CCCCC1)C(=O)N(C)CC(=O)OC(C)(C)C. The van der Waals surface area contributed by atoms with E-state index in [0.717, 1.165) is 54.4 Å². The van der Waals surface area contributed by atoms with Crippen molar-refractivity contribution in [3.63, 3.8) is 0 Å². The molecule has 0 aromatic heterocycles. The van der Waals surface area contributed by atoms with Crippen molar-refractivity contribution in [3.05, 3.63) is 85.0 Å². The van der Waals surface area contributed by atoms with Crippen molar-refractivity contribution in [3.8, 4) is 11.1 Å². The molecule has 50 heavy (non-hydrogen) atoms. The van der Waals surface area contributed by atoms with Gasteiger partial charge >= 0.3 is 12.1 Å². The zero-order chi connectivity index (χ0) is 36.4. The number of amides is 3. The Morgan fingerprint density at radius 3 is 2.02 bits per heavy atom.